The third-order valence-electron chi connectivity index (χ3n) is 3.49. The summed E-state index contributed by atoms with van der Waals surface area (Å²) >= 11 is 0. The van der Waals surface area contributed by atoms with Gasteiger partial charge >= 0.3 is 5.97 Å². The minimum absolute atomic E-state index is 0.0858. The zero-order valence-electron chi connectivity index (χ0n) is 12.8. The number of carbonyl (C=O) groups excluding carboxylic acids is 1. The van der Waals surface area contributed by atoms with E-state index in [1.54, 1.807) is 6.92 Å². The van der Waals surface area contributed by atoms with Crippen LogP contribution < -0.4 is 0 Å². The first kappa shape index (κ1) is 17.4. The zero-order valence-corrected chi connectivity index (χ0v) is 13.6. The number of esters is 1. The second-order valence-electron chi connectivity index (χ2n) is 5.65. The molecule has 0 radical (unpaired) electrons. The van der Waals surface area contributed by atoms with Crippen LogP contribution in [-0.4, -0.2) is 56.3 Å². The van der Waals surface area contributed by atoms with Gasteiger partial charge in [0.2, 0.25) is 0 Å². The molecule has 0 spiro atoms. The van der Waals surface area contributed by atoms with Crippen LogP contribution in [0.25, 0.3) is 0 Å². The minimum Gasteiger partial charge on any atom is -0.466 e. The molecular formula is C13H26N2O4S. The summed E-state index contributed by atoms with van der Waals surface area (Å²) in [6.07, 6.45) is 1.14. The molecule has 0 aliphatic carbocycles. The Morgan fingerprint density at radius 1 is 1.30 bits per heavy atom. The summed E-state index contributed by atoms with van der Waals surface area (Å²) in [5.41, 5.74) is 0. The number of nitrogens with zero attached hydrogens (tertiary/aromatic N) is 2. The highest BCUT2D eigenvalue weighted by molar-refractivity contribution is 7.86. The SMILES string of the molecule is CCOC(=O)CCN(C)S(=O)(=O)N1CC(C)CC(C)C1. The van der Waals surface area contributed by atoms with E-state index >= 15 is 0 Å². The number of rotatable bonds is 6. The van der Waals surface area contributed by atoms with Crippen LogP contribution in [0.2, 0.25) is 0 Å². The molecule has 20 heavy (non-hydrogen) atoms. The van der Waals surface area contributed by atoms with Crippen LogP contribution in [0.5, 0.6) is 0 Å². The molecule has 1 aliphatic heterocycles. The topological polar surface area (TPSA) is 66.9 Å². The van der Waals surface area contributed by atoms with Crippen LogP contribution >= 0.6 is 0 Å². The number of carbonyl (C=O) groups is 1. The van der Waals surface area contributed by atoms with Crippen LogP contribution in [0.15, 0.2) is 0 Å². The highest BCUT2D eigenvalue weighted by atomic mass is 32.2. The van der Waals surface area contributed by atoms with E-state index in [-0.39, 0.29) is 18.9 Å². The molecule has 2 unspecified atom stereocenters. The van der Waals surface area contributed by atoms with Gasteiger partial charge in [-0.1, -0.05) is 13.8 Å². The maximum atomic E-state index is 12.4. The van der Waals surface area contributed by atoms with E-state index in [0.717, 1.165) is 6.42 Å². The van der Waals surface area contributed by atoms with Gasteiger partial charge in [0.25, 0.3) is 10.2 Å². The molecule has 2 atom stereocenters. The molecule has 1 rings (SSSR count). The Bertz CT molecular complexity index is 414. The fraction of sp³-hybridized carbons (Fsp3) is 0.923. The van der Waals surface area contributed by atoms with E-state index < -0.39 is 10.2 Å². The summed E-state index contributed by atoms with van der Waals surface area (Å²) in [5, 5.41) is 0. The average molecular weight is 306 g/mol. The molecule has 6 nitrogen and oxygen atoms in total. The highest BCUT2D eigenvalue weighted by Crippen LogP contribution is 2.24. The van der Waals surface area contributed by atoms with Gasteiger partial charge in [0.1, 0.15) is 0 Å². The molecule has 1 heterocycles. The van der Waals surface area contributed by atoms with Crippen LogP contribution in [0.1, 0.15) is 33.6 Å². The second kappa shape index (κ2) is 7.38. The first-order valence-corrected chi connectivity index (χ1v) is 8.54. The van der Waals surface area contributed by atoms with Crippen molar-refractivity contribution >= 4 is 16.2 Å². The maximum Gasteiger partial charge on any atom is 0.307 e. The summed E-state index contributed by atoms with van der Waals surface area (Å²) in [6, 6.07) is 0. The number of hydrogen-bond acceptors (Lipinski definition) is 4. The Morgan fingerprint density at radius 3 is 2.35 bits per heavy atom. The van der Waals surface area contributed by atoms with Crippen LogP contribution in [-0.2, 0) is 19.7 Å². The lowest BCUT2D eigenvalue weighted by atomic mass is 9.94. The van der Waals surface area contributed by atoms with Crippen LogP contribution in [0, 0.1) is 11.8 Å². The third-order valence-corrected chi connectivity index (χ3v) is 5.41. The summed E-state index contributed by atoms with van der Waals surface area (Å²) in [6.45, 7) is 7.44. The molecule has 1 saturated heterocycles. The van der Waals surface area contributed by atoms with Gasteiger partial charge in [0, 0.05) is 26.7 Å². The van der Waals surface area contributed by atoms with Crippen molar-refractivity contribution in [3.05, 3.63) is 0 Å². The quantitative estimate of drug-likeness (QED) is 0.689. The standard InChI is InChI=1S/C13H26N2O4S/c1-5-19-13(16)6-7-14(4)20(17,18)15-9-11(2)8-12(3)10-15/h11-12H,5-10H2,1-4H3. The average Bonchev–Trinajstić information content (AvgIpc) is 2.35. The first-order valence-electron chi connectivity index (χ1n) is 7.14. The number of piperidine rings is 1. The predicted octanol–water partition coefficient (Wildman–Crippen LogP) is 1.09. The van der Waals surface area contributed by atoms with Crippen molar-refractivity contribution in [3.63, 3.8) is 0 Å². The van der Waals surface area contributed by atoms with Crippen molar-refractivity contribution < 1.29 is 17.9 Å². The Morgan fingerprint density at radius 2 is 1.85 bits per heavy atom. The number of ether oxygens (including phenoxy) is 1. The monoisotopic (exact) mass is 306 g/mol. The van der Waals surface area contributed by atoms with E-state index in [0.29, 0.717) is 31.5 Å². The predicted molar refractivity (Wildman–Crippen MR) is 77.3 cm³/mol. The molecule has 7 heteroatoms. The zero-order chi connectivity index (χ0) is 15.3. The lowest BCUT2D eigenvalue weighted by Gasteiger charge is -2.36. The van der Waals surface area contributed by atoms with E-state index in [4.69, 9.17) is 4.74 Å². The summed E-state index contributed by atoms with van der Waals surface area (Å²) < 4.78 is 32.5. The van der Waals surface area contributed by atoms with Crippen molar-refractivity contribution in [2.24, 2.45) is 11.8 Å². The van der Waals surface area contributed by atoms with E-state index in [1.807, 2.05) is 0 Å². The van der Waals surface area contributed by atoms with Crippen molar-refractivity contribution in [1.82, 2.24) is 8.61 Å². The van der Waals surface area contributed by atoms with Gasteiger partial charge in [-0.15, -0.1) is 0 Å². The molecule has 0 bridgehead atoms. The fourth-order valence-electron chi connectivity index (χ4n) is 2.59. The molecule has 0 saturated carbocycles. The van der Waals surface area contributed by atoms with Gasteiger partial charge in [-0.3, -0.25) is 4.79 Å². The Balaban J connectivity index is 2.60. The maximum absolute atomic E-state index is 12.4. The minimum atomic E-state index is -3.48. The molecular weight excluding hydrogens is 280 g/mol. The highest BCUT2D eigenvalue weighted by Gasteiger charge is 2.33. The summed E-state index contributed by atoms with van der Waals surface area (Å²) in [7, 11) is -1.97. The Kier molecular flexibility index (Phi) is 6.42. The first-order chi connectivity index (χ1) is 9.27. The van der Waals surface area contributed by atoms with Gasteiger partial charge in [-0.2, -0.15) is 17.0 Å². The number of hydrogen-bond donors (Lipinski definition) is 0. The molecule has 118 valence electrons. The van der Waals surface area contributed by atoms with Crippen molar-refractivity contribution in [2.75, 3.05) is 33.3 Å². The van der Waals surface area contributed by atoms with Crippen LogP contribution in [0.4, 0.5) is 0 Å². The second-order valence-corrected chi connectivity index (χ2v) is 7.68. The molecule has 0 aromatic rings. The van der Waals surface area contributed by atoms with Crippen molar-refractivity contribution in [1.29, 1.82) is 0 Å². The molecule has 0 N–H and O–H groups in total. The smallest absolute Gasteiger partial charge is 0.307 e. The largest absolute Gasteiger partial charge is 0.466 e. The molecule has 0 aromatic heterocycles. The van der Waals surface area contributed by atoms with Gasteiger partial charge in [-0.05, 0) is 25.2 Å². The Labute approximate surface area is 122 Å². The molecule has 0 amide bonds. The lowest BCUT2D eigenvalue weighted by Crippen LogP contribution is -2.48. The van der Waals surface area contributed by atoms with Crippen molar-refractivity contribution in [2.45, 2.75) is 33.6 Å². The molecule has 1 aliphatic rings. The fourth-order valence-corrected chi connectivity index (χ4v) is 4.19. The summed E-state index contributed by atoms with van der Waals surface area (Å²) in [5.74, 6) is 0.369. The Hall–Kier alpha value is -0.660. The van der Waals surface area contributed by atoms with E-state index in [1.165, 1.54) is 15.7 Å². The molecule has 0 aromatic carbocycles. The van der Waals surface area contributed by atoms with Crippen molar-refractivity contribution in [3.8, 4) is 0 Å². The van der Waals surface area contributed by atoms with E-state index in [2.05, 4.69) is 13.8 Å². The lowest BCUT2D eigenvalue weighted by molar-refractivity contribution is -0.143. The normalized spacial score (nSPS) is 24.9. The summed E-state index contributed by atoms with van der Waals surface area (Å²) in [4.78, 5) is 11.3. The van der Waals surface area contributed by atoms with E-state index in [9.17, 15) is 13.2 Å². The van der Waals surface area contributed by atoms with Gasteiger partial charge in [0.15, 0.2) is 0 Å². The van der Waals surface area contributed by atoms with Gasteiger partial charge in [0.05, 0.1) is 13.0 Å². The van der Waals surface area contributed by atoms with Crippen LogP contribution in [0.3, 0.4) is 0 Å². The van der Waals surface area contributed by atoms with Gasteiger partial charge < -0.3 is 4.74 Å². The molecule has 1 fully saturated rings. The third kappa shape index (κ3) is 4.71. The van der Waals surface area contributed by atoms with Gasteiger partial charge in [-0.25, -0.2) is 0 Å².